The molecule has 0 saturated carbocycles. The summed E-state index contributed by atoms with van der Waals surface area (Å²) in [7, 11) is 1.67. The molecule has 0 saturated heterocycles. The van der Waals surface area contributed by atoms with Crippen LogP contribution in [0.2, 0.25) is 0 Å². The van der Waals surface area contributed by atoms with Gasteiger partial charge in [-0.05, 0) is 26.3 Å². The van der Waals surface area contributed by atoms with Crippen molar-refractivity contribution in [1.29, 1.82) is 0 Å². The third-order valence-corrected chi connectivity index (χ3v) is 2.62. The number of hydrogen-bond acceptors (Lipinski definition) is 3. The Kier molecular flexibility index (Phi) is 11.3. The number of methoxy groups -OCH3 is 1. The Hall–Kier alpha value is -0.860. The lowest BCUT2D eigenvalue weighted by Crippen LogP contribution is -2.23. The third kappa shape index (κ3) is 8.90. The van der Waals surface area contributed by atoms with E-state index in [4.69, 9.17) is 15.2 Å². The molecule has 0 aliphatic carbocycles. The van der Waals surface area contributed by atoms with E-state index in [1.807, 2.05) is 38.1 Å². The first-order valence-corrected chi connectivity index (χ1v) is 6.89. The zero-order valence-electron chi connectivity index (χ0n) is 13.0. The van der Waals surface area contributed by atoms with Crippen LogP contribution in [0.3, 0.4) is 0 Å². The van der Waals surface area contributed by atoms with E-state index in [-0.39, 0.29) is 30.1 Å². The molecule has 6 heteroatoms. The molecule has 5 nitrogen and oxygen atoms in total. The van der Waals surface area contributed by atoms with Gasteiger partial charge in [0.2, 0.25) is 0 Å². The molecule has 0 bridgehead atoms. The minimum Gasteiger partial charge on any atom is -0.380 e. The number of rotatable bonds is 8. The number of benzene rings is 1. The van der Waals surface area contributed by atoms with Crippen molar-refractivity contribution in [3.63, 3.8) is 0 Å². The molecule has 0 radical (unpaired) electrons. The zero-order chi connectivity index (χ0) is 14.8. The van der Waals surface area contributed by atoms with Crippen LogP contribution in [0, 0.1) is 0 Å². The van der Waals surface area contributed by atoms with Crippen LogP contribution in [0.4, 0.5) is 5.69 Å². The van der Waals surface area contributed by atoms with Crippen LogP contribution in [0.25, 0.3) is 0 Å². The van der Waals surface area contributed by atoms with E-state index in [2.05, 4.69) is 10.3 Å². The fourth-order valence-corrected chi connectivity index (χ4v) is 1.68. The number of anilines is 1. The SMILES string of the molecule is COCc1ccccc1NC(N)=NCCCOC(C)C.I. The number of halogens is 1. The van der Waals surface area contributed by atoms with Crippen molar-refractivity contribution in [3.8, 4) is 0 Å². The van der Waals surface area contributed by atoms with Crippen LogP contribution < -0.4 is 11.1 Å². The highest BCUT2D eigenvalue weighted by Crippen LogP contribution is 2.15. The zero-order valence-corrected chi connectivity index (χ0v) is 15.3. The van der Waals surface area contributed by atoms with Gasteiger partial charge in [-0.3, -0.25) is 4.99 Å². The molecule has 0 heterocycles. The lowest BCUT2D eigenvalue weighted by molar-refractivity contribution is 0.0783. The maximum Gasteiger partial charge on any atom is 0.193 e. The first-order chi connectivity index (χ1) is 9.63. The Morgan fingerprint density at radius 3 is 2.71 bits per heavy atom. The first kappa shape index (κ1) is 20.1. The topological polar surface area (TPSA) is 68.9 Å². The van der Waals surface area contributed by atoms with Gasteiger partial charge in [-0.25, -0.2) is 0 Å². The Balaban J connectivity index is 0.00000400. The van der Waals surface area contributed by atoms with Gasteiger partial charge in [0.15, 0.2) is 5.96 Å². The van der Waals surface area contributed by atoms with Crippen molar-refractivity contribution in [1.82, 2.24) is 0 Å². The third-order valence-electron chi connectivity index (χ3n) is 2.62. The van der Waals surface area contributed by atoms with E-state index in [0.29, 0.717) is 25.7 Å². The summed E-state index contributed by atoms with van der Waals surface area (Å²) < 4.78 is 10.6. The molecule has 0 aliphatic heterocycles. The van der Waals surface area contributed by atoms with Gasteiger partial charge in [-0.2, -0.15) is 0 Å². The van der Waals surface area contributed by atoms with Crippen molar-refractivity contribution in [2.24, 2.45) is 10.7 Å². The van der Waals surface area contributed by atoms with Crippen LogP contribution in [0.1, 0.15) is 25.8 Å². The largest absolute Gasteiger partial charge is 0.380 e. The smallest absolute Gasteiger partial charge is 0.193 e. The van der Waals surface area contributed by atoms with Crippen LogP contribution in [0.15, 0.2) is 29.3 Å². The predicted molar refractivity (Wildman–Crippen MR) is 98.4 cm³/mol. The van der Waals surface area contributed by atoms with Gasteiger partial charge in [0.1, 0.15) is 0 Å². The molecule has 0 atom stereocenters. The van der Waals surface area contributed by atoms with Crippen molar-refractivity contribution in [2.45, 2.75) is 33.0 Å². The number of aliphatic imine (C=N–C) groups is 1. The molecule has 1 aromatic carbocycles. The molecular formula is C15H26IN3O2. The lowest BCUT2D eigenvalue weighted by atomic mass is 10.2. The molecule has 21 heavy (non-hydrogen) atoms. The molecule has 0 aliphatic rings. The van der Waals surface area contributed by atoms with Crippen molar-refractivity contribution < 1.29 is 9.47 Å². The van der Waals surface area contributed by atoms with Crippen molar-refractivity contribution in [2.75, 3.05) is 25.6 Å². The molecule has 1 rings (SSSR count). The van der Waals surface area contributed by atoms with Crippen molar-refractivity contribution in [3.05, 3.63) is 29.8 Å². The number of nitrogens with zero attached hydrogens (tertiary/aromatic N) is 1. The predicted octanol–water partition coefficient (Wildman–Crippen LogP) is 2.99. The number of nitrogens with two attached hydrogens (primary N) is 1. The summed E-state index contributed by atoms with van der Waals surface area (Å²) in [6, 6.07) is 7.87. The van der Waals surface area contributed by atoms with Gasteiger partial charge in [-0.1, -0.05) is 18.2 Å². The normalized spacial score (nSPS) is 11.3. The second-order valence-electron chi connectivity index (χ2n) is 4.76. The fraction of sp³-hybridized carbons (Fsp3) is 0.533. The highest BCUT2D eigenvalue weighted by molar-refractivity contribution is 14.0. The number of nitrogens with one attached hydrogen (secondary N) is 1. The molecule has 0 unspecified atom stereocenters. The second-order valence-corrected chi connectivity index (χ2v) is 4.76. The van der Waals surface area contributed by atoms with Crippen LogP contribution in [-0.4, -0.2) is 32.3 Å². The summed E-state index contributed by atoms with van der Waals surface area (Å²) >= 11 is 0. The van der Waals surface area contributed by atoms with Gasteiger partial charge in [-0.15, -0.1) is 24.0 Å². The monoisotopic (exact) mass is 407 g/mol. The Bertz CT molecular complexity index is 425. The summed E-state index contributed by atoms with van der Waals surface area (Å²) in [5.74, 6) is 0.415. The second kappa shape index (κ2) is 11.8. The average Bonchev–Trinajstić information content (AvgIpc) is 2.40. The highest BCUT2D eigenvalue weighted by atomic mass is 127. The summed E-state index contributed by atoms with van der Waals surface area (Å²) in [5, 5.41) is 3.10. The molecule has 120 valence electrons. The number of guanidine groups is 1. The van der Waals surface area contributed by atoms with Crippen LogP contribution >= 0.6 is 24.0 Å². The number of para-hydroxylation sites is 1. The summed E-state index contributed by atoms with van der Waals surface area (Å²) in [4.78, 5) is 4.28. The average molecular weight is 407 g/mol. The number of ether oxygens (including phenoxy) is 2. The summed E-state index contributed by atoms with van der Waals surface area (Å²) in [5.41, 5.74) is 7.85. The molecule has 0 spiro atoms. The van der Waals surface area contributed by atoms with E-state index in [1.165, 1.54) is 0 Å². The number of hydrogen-bond donors (Lipinski definition) is 2. The van der Waals surface area contributed by atoms with Crippen LogP contribution in [0.5, 0.6) is 0 Å². The minimum atomic E-state index is 0. The van der Waals surface area contributed by atoms with E-state index in [9.17, 15) is 0 Å². The van der Waals surface area contributed by atoms with E-state index >= 15 is 0 Å². The molecule has 3 N–H and O–H groups in total. The maximum absolute atomic E-state index is 5.87. The summed E-state index contributed by atoms with van der Waals surface area (Å²) in [6.45, 7) is 5.93. The first-order valence-electron chi connectivity index (χ1n) is 6.89. The Labute approximate surface area is 144 Å². The van der Waals surface area contributed by atoms with Gasteiger partial charge in [0.25, 0.3) is 0 Å². The summed E-state index contributed by atoms with van der Waals surface area (Å²) in [6.07, 6.45) is 1.12. The maximum atomic E-state index is 5.87. The highest BCUT2D eigenvalue weighted by Gasteiger charge is 2.02. The molecule has 0 fully saturated rings. The van der Waals surface area contributed by atoms with Gasteiger partial charge in [0.05, 0.1) is 12.7 Å². The van der Waals surface area contributed by atoms with Gasteiger partial charge in [0, 0.05) is 31.5 Å². The quantitative estimate of drug-likeness (QED) is 0.301. The lowest BCUT2D eigenvalue weighted by Gasteiger charge is -2.11. The Morgan fingerprint density at radius 2 is 2.05 bits per heavy atom. The Morgan fingerprint density at radius 1 is 1.33 bits per heavy atom. The van der Waals surface area contributed by atoms with Crippen molar-refractivity contribution >= 4 is 35.6 Å². The van der Waals surface area contributed by atoms with Crippen LogP contribution in [-0.2, 0) is 16.1 Å². The molecular weight excluding hydrogens is 381 g/mol. The van der Waals surface area contributed by atoms with Gasteiger partial charge < -0.3 is 20.5 Å². The molecule has 0 aromatic heterocycles. The van der Waals surface area contributed by atoms with E-state index in [0.717, 1.165) is 17.7 Å². The minimum absolute atomic E-state index is 0. The van der Waals surface area contributed by atoms with E-state index < -0.39 is 0 Å². The van der Waals surface area contributed by atoms with E-state index in [1.54, 1.807) is 7.11 Å². The molecule has 0 amide bonds. The molecule has 1 aromatic rings. The standard InChI is InChI=1S/C15H25N3O2.HI/c1-12(2)20-10-6-9-17-15(16)18-14-8-5-4-7-13(14)11-19-3;/h4-5,7-8,12H,6,9-11H2,1-3H3,(H3,16,17,18);1H. The fourth-order valence-electron chi connectivity index (χ4n) is 1.68. The van der Waals surface area contributed by atoms with Gasteiger partial charge >= 0.3 is 0 Å².